The molecule has 1 aromatic carbocycles. The third-order valence-corrected chi connectivity index (χ3v) is 4.95. The molecule has 0 heterocycles. The van der Waals surface area contributed by atoms with E-state index in [1.54, 1.807) is 0 Å². The monoisotopic (exact) mass is 281 g/mol. The SMILES string of the molecule is CCSCCS(=O)(=O)c1c(F)cc(N)cc1F. The molecule has 0 fully saturated rings. The second-order valence-electron chi connectivity index (χ2n) is 3.33. The average molecular weight is 281 g/mol. The van der Waals surface area contributed by atoms with Gasteiger partial charge in [0.2, 0.25) is 0 Å². The lowest BCUT2D eigenvalue weighted by atomic mass is 10.3. The minimum absolute atomic E-state index is 0.137. The number of nitrogens with two attached hydrogens (primary N) is 1. The molecule has 1 aromatic rings. The van der Waals surface area contributed by atoms with Crippen LogP contribution >= 0.6 is 11.8 Å². The summed E-state index contributed by atoms with van der Waals surface area (Å²) in [5.74, 6) is -1.50. The second kappa shape index (κ2) is 5.68. The van der Waals surface area contributed by atoms with Gasteiger partial charge in [-0.3, -0.25) is 0 Å². The van der Waals surface area contributed by atoms with Crippen molar-refractivity contribution in [2.45, 2.75) is 11.8 Å². The fourth-order valence-corrected chi connectivity index (χ4v) is 3.85. The summed E-state index contributed by atoms with van der Waals surface area (Å²) in [6.45, 7) is 1.88. The van der Waals surface area contributed by atoms with E-state index in [2.05, 4.69) is 0 Å². The Morgan fingerprint density at radius 3 is 2.29 bits per heavy atom. The molecule has 0 saturated heterocycles. The normalized spacial score (nSPS) is 11.7. The van der Waals surface area contributed by atoms with Gasteiger partial charge in [0.1, 0.15) is 16.5 Å². The number of hydrogen-bond acceptors (Lipinski definition) is 4. The van der Waals surface area contributed by atoms with E-state index in [9.17, 15) is 17.2 Å². The molecule has 1 rings (SSSR count). The minimum Gasteiger partial charge on any atom is -0.399 e. The van der Waals surface area contributed by atoms with Gasteiger partial charge in [-0.1, -0.05) is 6.92 Å². The Bertz CT molecular complexity index is 480. The van der Waals surface area contributed by atoms with Gasteiger partial charge in [0.05, 0.1) is 5.75 Å². The number of anilines is 1. The quantitative estimate of drug-likeness (QED) is 0.663. The van der Waals surface area contributed by atoms with Crippen molar-refractivity contribution in [2.24, 2.45) is 0 Å². The Morgan fingerprint density at radius 2 is 1.82 bits per heavy atom. The second-order valence-corrected chi connectivity index (χ2v) is 6.77. The van der Waals surface area contributed by atoms with Crippen molar-refractivity contribution in [2.75, 3.05) is 23.0 Å². The minimum atomic E-state index is -3.94. The number of rotatable bonds is 5. The molecule has 2 N–H and O–H groups in total. The summed E-state index contributed by atoms with van der Waals surface area (Å²) in [5.41, 5.74) is 5.08. The Hall–Kier alpha value is -0.820. The molecule has 0 atom stereocenters. The number of benzene rings is 1. The first-order valence-electron chi connectivity index (χ1n) is 4.93. The molecule has 0 unspecified atom stereocenters. The predicted octanol–water partition coefficient (Wildman–Crippen LogP) is 2.07. The van der Waals surface area contributed by atoms with Crippen LogP contribution in [0.25, 0.3) is 0 Å². The maximum Gasteiger partial charge on any atom is 0.184 e. The number of hydrogen-bond donors (Lipinski definition) is 1. The first kappa shape index (κ1) is 14.2. The molecule has 0 amide bonds. The van der Waals surface area contributed by atoms with Crippen molar-refractivity contribution in [3.63, 3.8) is 0 Å². The smallest absolute Gasteiger partial charge is 0.184 e. The molecule has 0 bridgehead atoms. The van der Waals surface area contributed by atoms with E-state index in [1.807, 2.05) is 6.92 Å². The molecule has 0 aliphatic rings. The predicted molar refractivity (Wildman–Crippen MR) is 65.8 cm³/mol. The van der Waals surface area contributed by atoms with Gasteiger partial charge in [-0.2, -0.15) is 11.8 Å². The highest BCUT2D eigenvalue weighted by molar-refractivity contribution is 8.00. The van der Waals surface area contributed by atoms with Crippen molar-refractivity contribution >= 4 is 27.3 Å². The maximum atomic E-state index is 13.4. The molecule has 0 spiro atoms. The highest BCUT2D eigenvalue weighted by atomic mass is 32.2. The Kier molecular flexibility index (Phi) is 4.76. The molecule has 7 heteroatoms. The summed E-state index contributed by atoms with van der Waals surface area (Å²) in [7, 11) is -3.94. The van der Waals surface area contributed by atoms with Gasteiger partial charge in [-0.15, -0.1) is 0 Å². The highest BCUT2D eigenvalue weighted by Gasteiger charge is 2.24. The van der Waals surface area contributed by atoms with Crippen LogP contribution in [-0.4, -0.2) is 25.7 Å². The molecule has 3 nitrogen and oxygen atoms in total. The Labute approximate surface area is 103 Å². The van der Waals surface area contributed by atoms with Crippen molar-refractivity contribution in [3.8, 4) is 0 Å². The van der Waals surface area contributed by atoms with E-state index in [1.165, 1.54) is 11.8 Å². The topological polar surface area (TPSA) is 60.2 Å². The molecule has 0 aliphatic heterocycles. The summed E-state index contributed by atoms with van der Waals surface area (Å²) in [6, 6.07) is 1.62. The van der Waals surface area contributed by atoms with E-state index < -0.39 is 26.4 Å². The summed E-state index contributed by atoms with van der Waals surface area (Å²) in [5, 5.41) is 0. The first-order valence-corrected chi connectivity index (χ1v) is 7.74. The van der Waals surface area contributed by atoms with Crippen LogP contribution in [0.5, 0.6) is 0 Å². The number of halogens is 2. The molecular formula is C10H13F2NO2S2. The summed E-state index contributed by atoms with van der Waals surface area (Å²) in [4.78, 5) is -0.886. The van der Waals surface area contributed by atoms with Crippen LogP contribution in [0.1, 0.15) is 6.92 Å². The van der Waals surface area contributed by atoms with Gasteiger partial charge >= 0.3 is 0 Å². The number of nitrogen functional groups attached to an aromatic ring is 1. The van der Waals surface area contributed by atoms with Gasteiger partial charge in [0, 0.05) is 11.4 Å². The van der Waals surface area contributed by atoms with Crippen LogP contribution in [0.2, 0.25) is 0 Å². The number of sulfone groups is 1. The average Bonchev–Trinajstić information content (AvgIpc) is 2.15. The van der Waals surface area contributed by atoms with E-state index in [0.717, 1.165) is 17.9 Å². The van der Waals surface area contributed by atoms with Gasteiger partial charge in [-0.05, 0) is 17.9 Å². The zero-order chi connectivity index (χ0) is 13.1. The van der Waals surface area contributed by atoms with Crippen molar-refractivity contribution in [1.29, 1.82) is 0 Å². The first-order chi connectivity index (χ1) is 7.88. The Balaban J connectivity index is 3.07. The lowest BCUT2D eigenvalue weighted by Gasteiger charge is -2.07. The summed E-state index contributed by atoms with van der Waals surface area (Å²) >= 11 is 1.40. The lowest BCUT2D eigenvalue weighted by Crippen LogP contribution is -2.13. The highest BCUT2D eigenvalue weighted by Crippen LogP contribution is 2.23. The van der Waals surface area contributed by atoms with Crippen LogP contribution in [-0.2, 0) is 9.84 Å². The molecule has 0 radical (unpaired) electrons. The van der Waals surface area contributed by atoms with E-state index >= 15 is 0 Å². The van der Waals surface area contributed by atoms with Gasteiger partial charge in [0.25, 0.3) is 0 Å². The van der Waals surface area contributed by atoms with Gasteiger partial charge in [0.15, 0.2) is 9.84 Å². The molecule has 96 valence electrons. The van der Waals surface area contributed by atoms with Crippen LogP contribution in [0, 0.1) is 11.6 Å². The van der Waals surface area contributed by atoms with Crippen LogP contribution in [0.4, 0.5) is 14.5 Å². The maximum absolute atomic E-state index is 13.4. The zero-order valence-corrected chi connectivity index (χ0v) is 10.9. The van der Waals surface area contributed by atoms with Crippen LogP contribution in [0.3, 0.4) is 0 Å². The lowest BCUT2D eigenvalue weighted by molar-refractivity contribution is 0.521. The molecule has 0 saturated carbocycles. The molecular weight excluding hydrogens is 268 g/mol. The van der Waals surface area contributed by atoms with E-state index in [4.69, 9.17) is 5.73 Å². The van der Waals surface area contributed by atoms with Gasteiger partial charge in [-0.25, -0.2) is 17.2 Å². The number of thioether (sulfide) groups is 1. The largest absolute Gasteiger partial charge is 0.399 e. The third-order valence-electron chi connectivity index (χ3n) is 2.03. The zero-order valence-electron chi connectivity index (χ0n) is 9.24. The standard InChI is InChI=1S/C10H13F2NO2S2/c1-2-16-3-4-17(14,15)10-8(11)5-7(13)6-9(10)12/h5-6H,2-4,13H2,1H3. The van der Waals surface area contributed by atoms with Crippen molar-refractivity contribution in [3.05, 3.63) is 23.8 Å². The Morgan fingerprint density at radius 1 is 1.29 bits per heavy atom. The van der Waals surface area contributed by atoms with Crippen LogP contribution < -0.4 is 5.73 Å². The molecule has 0 aliphatic carbocycles. The van der Waals surface area contributed by atoms with E-state index in [-0.39, 0.29) is 11.4 Å². The third kappa shape index (κ3) is 3.57. The van der Waals surface area contributed by atoms with E-state index in [0.29, 0.717) is 5.75 Å². The summed E-state index contributed by atoms with van der Waals surface area (Å²) < 4.78 is 50.3. The fourth-order valence-electron chi connectivity index (χ4n) is 1.29. The van der Waals surface area contributed by atoms with Gasteiger partial charge < -0.3 is 5.73 Å². The summed E-state index contributed by atoms with van der Waals surface area (Å²) in [6.07, 6.45) is 0. The molecule has 0 aromatic heterocycles. The van der Waals surface area contributed by atoms with Crippen molar-refractivity contribution in [1.82, 2.24) is 0 Å². The van der Waals surface area contributed by atoms with Crippen molar-refractivity contribution < 1.29 is 17.2 Å². The fraction of sp³-hybridized carbons (Fsp3) is 0.400. The van der Waals surface area contributed by atoms with Crippen LogP contribution in [0.15, 0.2) is 17.0 Å². The molecule has 17 heavy (non-hydrogen) atoms.